The van der Waals surface area contributed by atoms with E-state index >= 15 is 0 Å². The first-order chi connectivity index (χ1) is 17.1. The van der Waals surface area contributed by atoms with Crippen LogP contribution in [0.25, 0.3) is 11.1 Å². The fourth-order valence-corrected chi connectivity index (χ4v) is 4.08. The summed E-state index contributed by atoms with van der Waals surface area (Å²) in [6.45, 7) is 1.18. The van der Waals surface area contributed by atoms with Crippen LogP contribution in [0.5, 0.6) is 0 Å². The summed E-state index contributed by atoms with van der Waals surface area (Å²) in [6, 6.07) is 24.6. The normalized spacial score (nSPS) is 11.9. The second-order valence-electron chi connectivity index (χ2n) is 8.05. The summed E-state index contributed by atoms with van der Waals surface area (Å²) in [7, 11) is 0. The predicted molar refractivity (Wildman–Crippen MR) is 130 cm³/mol. The zero-order chi connectivity index (χ0) is 24.5. The van der Waals surface area contributed by atoms with E-state index in [1.807, 2.05) is 24.3 Å². The first kappa shape index (κ1) is 24.2. The number of hydrogen-bond donors (Lipinski definition) is 1. The molecule has 1 amide bonds. The second-order valence-corrected chi connectivity index (χ2v) is 8.05. The molecule has 0 aliphatic heterocycles. The van der Waals surface area contributed by atoms with Crippen molar-refractivity contribution >= 4 is 17.8 Å². The van der Waals surface area contributed by atoms with Crippen molar-refractivity contribution in [2.24, 2.45) is 0 Å². The van der Waals surface area contributed by atoms with Crippen molar-refractivity contribution in [1.29, 1.82) is 0 Å². The Morgan fingerprint density at radius 3 is 2.03 bits per heavy atom. The van der Waals surface area contributed by atoms with Gasteiger partial charge in [-0.1, -0.05) is 78.9 Å². The molecule has 1 N–H and O–H groups in total. The molecule has 0 aromatic heterocycles. The van der Waals surface area contributed by atoms with Crippen LogP contribution in [-0.2, 0) is 19.0 Å². The number of carbonyl (C=O) groups excluding carboxylic acids is 3. The zero-order valence-corrected chi connectivity index (χ0v) is 19.3. The Kier molecular flexibility index (Phi) is 8.25. The van der Waals surface area contributed by atoms with Gasteiger partial charge in [-0.25, -0.2) is 9.59 Å². The van der Waals surface area contributed by atoms with Crippen LogP contribution in [0.4, 0.5) is 4.79 Å². The van der Waals surface area contributed by atoms with Gasteiger partial charge >= 0.3 is 12.1 Å². The maximum atomic E-state index is 12.2. The molecule has 1 aliphatic rings. The number of esters is 1. The summed E-state index contributed by atoms with van der Waals surface area (Å²) in [6.07, 6.45) is 0.0985. The molecule has 1 aliphatic carbocycles. The molecular weight excluding hydrogens is 446 g/mol. The van der Waals surface area contributed by atoms with E-state index in [1.165, 1.54) is 22.3 Å². The highest BCUT2D eigenvalue weighted by Gasteiger charge is 2.28. The maximum Gasteiger partial charge on any atom is 0.407 e. The molecule has 0 heterocycles. The number of hydrogen-bond acceptors (Lipinski definition) is 6. The lowest BCUT2D eigenvalue weighted by atomic mass is 9.98. The number of rotatable bonds is 11. The van der Waals surface area contributed by atoms with Crippen molar-refractivity contribution in [3.8, 4) is 11.1 Å². The number of Topliss-reactive ketones (excluding diaryl/α,β-unsaturated/α-hetero) is 1. The van der Waals surface area contributed by atoms with Crippen molar-refractivity contribution in [2.45, 2.75) is 12.3 Å². The monoisotopic (exact) mass is 473 g/mol. The van der Waals surface area contributed by atoms with Gasteiger partial charge in [-0.05, 0) is 28.7 Å². The Bertz CT molecular complexity index is 1130. The molecule has 7 nitrogen and oxygen atoms in total. The lowest BCUT2D eigenvalue weighted by Crippen LogP contribution is -2.27. The topological polar surface area (TPSA) is 90.9 Å². The van der Waals surface area contributed by atoms with E-state index in [2.05, 4.69) is 29.6 Å². The minimum atomic E-state index is -0.906. The lowest BCUT2D eigenvalue weighted by molar-refractivity contribution is -0.139. The van der Waals surface area contributed by atoms with Crippen LogP contribution in [0.3, 0.4) is 0 Å². The molecule has 4 rings (SSSR count). The van der Waals surface area contributed by atoms with Gasteiger partial charge < -0.3 is 19.5 Å². The molecule has 7 heteroatoms. The third-order valence-corrected chi connectivity index (χ3v) is 5.76. The first-order valence-electron chi connectivity index (χ1n) is 11.6. The standard InChI is InChI=1S/C28H27NO6/c30-26(20-9-2-1-3-10-20)27(31)34-18-17-33-16-8-15-29-28(32)35-19-25-23-13-6-4-11-21(23)22-12-5-7-14-24(22)25/h1-7,9-14,25H,8,15-19H2,(H,29,32). The number of carbonyl (C=O) groups is 3. The number of benzene rings is 3. The van der Waals surface area contributed by atoms with Crippen molar-refractivity contribution in [3.63, 3.8) is 0 Å². The third kappa shape index (κ3) is 6.13. The highest BCUT2D eigenvalue weighted by atomic mass is 16.6. The van der Waals surface area contributed by atoms with Crippen LogP contribution in [0.15, 0.2) is 78.9 Å². The number of nitrogens with one attached hydrogen (secondary N) is 1. The molecule has 0 unspecified atom stereocenters. The number of ether oxygens (including phenoxy) is 3. The molecular formula is C28H27NO6. The molecule has 0 spiro atoms. The van der Waals surface area contributed by atoms with Crippen LogP contribution in [0.1, 0.15) is 33.8 Å². The summed E-state index contributed by atoms with van der Waals surface area (Å²) in [5.74, 6) is -1.57. The highest BCUT2D eigenvalue weighted by Crippen LogP contribution is 2.44. The lowest BCUT2D eigenvalue weighted by Gasteiger charge is -2.14. The molecule has 0 saturated carbocycles. The van der Waals surface area contributed by atoms with Crippen molar-refractivity contribution < 1.29 is 28.6 Å². The van der Waals surface area contributed by atoms with Gasteiger partial charge in [0.1, 0.15) is 13.2 Å². The Morgan fingerprint density at radius 1 is 0.714 bits per heavy atom. The highest BCUT2D eigenvalue weighted by molar-refractivity contribution is 6.40. The SMILES string of the molecule is O=C(NCCCOCCOC(=O)C(=O)c1ccccc1)OCC1c2ccccc2-c2ccccc21. The smallest absolute Gasteiger partial charge is 0.407 e. The van der Waals surface area contributed by atoms with E-state index in [-0.39, 0.29) is 31.3 Å². The predicted octanol–water partition coefficient (Wildman–Crippen LogP) is 4.36. The van der Waals surface area contributed by atoms with Gasteiger partial charge in [0.25, 0.3) is 5.78 Å². The number of alkyl carbamates (subject to hydrolysis) is 1. The molecule has 0 radical (unpaired) electrons. The largest absolute Gasteiger partial charge is 0.457 e. The van der Waals surface area contributed by atoms with Gasteiger partial charge in [0, 0.05) is 24.6 Å². The summed E-state index contributed by atoms with van der Waals surface area (Å²) in [4.78, 5) is 35.8. The van der Waals surface area contributed by atoms with Crippen LogP contribution in [0, 0.1) is 0 Å². The van der Waals surface area contributed by atoms with Crippen LogP contribution < -0.4 is 5.32 Å². The van der Waals surface area contributed by atoms with Crippen LogP contribution >= 0.6 is 0 Å². The van der Waals surface area contributed by atoms with Crippen LogP contribution in [-0.4, -0.2) is 50.8 Å². The summed E-state index contributed by atoms with van der Waals surface area (Å²) in [5, 5.41) is 2.73. The third-order valence-electron chi connectivity index (χ3n) is 5.76. The molecule has 3 aromatic rings. The Labute approximate surface area is 204 Å². The summed E-state index contributed by atoms with van der Waals surface area (Å²) >= 11 is 0. The van der Waals surface area contributed by atoms with Gasteiger partial charge in [0.2, 0.25) is 0 Å². The number of ketones is 1. The molecule has 0 fully saturated rings. The summed E-state index contributed by atoms with van der Waals surface area (Å²) < 4.78 is 15.8. The van der Waals surface area contributed by atoms with E-state index < -0.39 is 17.8 Å². The molecule has 0 bridgehead atoms. The van der Waals surface area contributed by atoms with Gasteiger partial charge in [0.05, 0.1) is 6.61 Å². The second kappa shape index (κ2) is 11.9. The minimum Gasteiger partial charge on any atom is -0.457 e. The maximum absolute atomic E-state index is 12.2. The van der Waals surface area contributed by atoms with E-state index in [4.69, 9.17) is 14.2 Å². The molecule has 35 heavy (non-hydrogen) atoms. The molecule has 3 aromatic carbocycles. The van der Waals surface area contributed by atoms with Gasteiger partial charge in [-0.3, -0.25) is 4.79 Å². The average Bonchev–Trinajstić information content (AvgIpc) is 3.22. The number of amides is 1. The van der Waals surface area contributed by atoms with Gasteiger partial charge in [-0.15, -0.1) is 0 Å². The summed E-state index contributed by atoms with van der Waals surface area (Å²) in [5.41, 5.74) is 4.99. The fourth-order valence-electron chi connectivity index (χ4n) is 4.08. The Hall–Kier alpha value is -3.97. The quantitative estimate of drug-likeness (QED) is 0.193. The molecule has 0 saturated heterocycles. The van der Waals surface area contributed by atoms with Crippen molar-refractivity contribution in [3.05, 3.63) is 95.6 Å². The minimum absolute atomic E-state index is 0.0167. The van der Waals surface area contributed by atoms with Gasteiger partial charge in [-0.2, -0.15) is 0 Å². The van der Waals surface area contributed by atoms with Crippen LogP contribution in [0.2, 0.25) is 0 Å². The van der Waals surface area contributed by atoms with Gasteiger partial charge in [0.15, 0.2) is 0 Å². The van der Waals surface area contributed by atoms with Crippen molar-refractivity contribution in [2.75, 3.05) is 33.0 Å². The Balaban J connectivity index is 1.09. The molecule has 0 atom stereocenters. The first-order valence-corrected chi connectivity index (χ1v) is 11.6. The fraction of sp³-hybridized carbons (Fsp3) is 0.250. The van der Waals surface area contributed by atoms with E-state index in [0.717, 1.165) is 0 Å². The van der Waals surface area contributed by atoms with E-state index in [0.29, 0.717) is 19.6 Å². The Morgan fingerprint density at radius 2 is 1.34 bits per heavy atom. The van der Waals surface area contributed by atoms with Crippen molar-refractivity contribution in [1.82, 2.24) is 5.32 Å². The zero-order valence-electron chi connectivity index (χ0n) is 19.3. The molecule has 180 valence electrons. The van der Waals surface area contributed by atoms with E-state index in [9.17, 15) is 14.4 Å². The average molecular weight is 474 g/mol. The van der Waals surface area contributed by atoms with E-state index in [1.54, 1.807) is 30.3 Å². The number of fused-ring (bicyclic) bond motifs is 3.